The van der Waals surface area contributed by atoms with E-state index in [1.54, 1.807) is 13.0 Å². The summed E-state index contributed by atoms with van der Waals surface area (Å²) in [7, 11) is 0. The molecule has 0 bridgehead atoms. The van der Waals surface area contributed by atoms with Crippen LogP contribution < -0.4 is 10.6 Å². The lowest BCUT2D eigenvalue weighted by Crippen LogP contribution is -2.35. The van der Waals surface area contributed by atoms with Crippen LogP contribution in [0.3, 0.4) is 0 Å². The first-order valence-corrected chi connectivity index (χ1v) is 6.53. The maximum atomic E-state index is 12.2. The second-order valence-corrected chi connectivity index (χ2v) is 4.59. The normalized spacial score (nSPS) is 11.7. The Balaban J connectivity index is 2.20. The highest BCUT2D eigenvalue weighted by Gasteiger charge is 2.13. The summed E-state index contributed by atoms with van der Waals surface area (Å²) in [6.45, 7) is 1.67. The van der Waals surface area contributed by atoms with E-state index in [0.717, 1.165) is 11.4 Å². The SMILES string of the molecule is CC(CO)NC(=O)c1ccccc1Nc1ccccc1. The van der Waals surface area contributed by atoms with Crippen molar-refractivity contribution in [3.63, 3.8) is 0 Å². The lowest BCUT2D eigenvalue weighted by atomic mass is 10.1. The summed E-state index contributed by atoms with van der Waals surface area (Å²) in [5.41, 5.74) is 2.21. The Kier molecular flexibility index (Phi) is 4.74. The summed E-state index contributed by atoms with van der Waals surface area (Å²) in [6.07, 6.45) is 0. The van der Waals surface area contributed by atoms with Gasteiger partial charge in [0, 0.05) is 11.7 Å². The number of aliphatic hydroxyl groups is 1. The van der Waals surface area contributed by atoms with Gasteiger partial charge in [-0.2, -0.15) is 0 Å². The van der Waals surface area contributed by atoms with Crippen LogP contribution in [0.4, 0.5) is 11.4 Å². The minimum Gasteiger partial charge on any atom is -0.394 e. The van der Waals surface area contributed by atoms with Gasteiger partial charge in [-0.3, -0.25) is 4.79 Å². The van der Waals surface area contributed by atoms with E-state index < -0.39 is 0 Å². The second-order valence-electron chi connectivity index (χ2n) is 4.59. The molecule has 0 aromatic heterocycles. The fourth-order valence-corrected chi connectivity index (χ4v) is 1.81. The maximum Gasteiger partial charge on any atom is 0.253 e. The molecule has 3 N–H and O–H groups in total. The fraction of sp³-hybridized carbons (Fsp3) is 0.188. The molecule has 0 saturated carbocycles. The number of anilines is 2. The molecule has 4 heteroatoms. The number of hydrogen-bond donors (Lipinski definition) is 3. The molecule has 1 unspecified atom stereocenters. The first kappa shape index (κ1) is 14.1. The molecule has 104 valence electrons. The fourth-order valence-electron chi connectivity index (χ4n) is 1.81. The molecule has 0 radical (unpaired) electrons. The Morgan fingerprint density at radius 2 is 1.75 bits per heavy atom. The zero-order valence-electron chi connectivity index (χ0n) is 11.3. The van der Waals surface area contributed by atoms with Crippen molar-refractivity contribution in [3.8, 4) is 0 Å². The molecule has 0 aliphatic carbocycles. The van der Waals surface area contributed by atoms with Crippen molar-refractivity contribution in [2.24, 2.45) is 0 Å². The lowest BCUT2D eigenvalue weighted by molar-refractivity contribution is 0.0923. The Bertz CT molecular complexity index is 570. The average molecular weight is 270 g/mol. The predicted octanol–water partition coefficient (Wildman–Crippen LogP) is 2.54. The van der Waals surface area contributed by atoms with Gasteiger partial charge in [0.1, 0.15) is 0 Å². The molecule has 0 saturated heterocycles. The first-order chi connectivity index (χ1) is 9.70. The number of carbonyl (C=O) groups is 1. The van der Waals surface area contributed by atoms with E-state index in [0.29, 0.717) is 5.56 Å². The summed E-state index contributed by atoms with van der Waals surface area (Å²) in [6, 6.07) is 16.7. The summed E-state index contributed by atoms with van der Waals surface area (Å²) in [5, 5.41) is 15.0. The molecule has 2 rings (SSSR count). The van der Waals surface area contributed by atoms with Gasteiger partial charge in [-0.05, 0) is 31.2 Å². The molecule has 0 aliphatic heterocycles. The van der Waals surface area contributed by atoms with Crippen LogP contribution in [-0.4, -0.2) is 23.7 Å². The van der Waals surface area contributed by atoms with Crippen LogP contribution in [0.15, 0.2) is 54.6 Å². The highest BCUT2D eigenvalue weighted by Crippen LogP contribution is 2.20. The van der Waals surface area contributed by atoms with Gasteiger partial charge >= 0.3 is 0 Å². The minimum atomic E-state index is -0.271. The van der Waals surface area contributed by atoms with Crippen molar-refractivity contribution in [2.45, 2.75) is 13.0 Å². The summed E-state index contributed by atoms with van der Waals surface area (Å²) >= 11 is 0. The zero-order chi connectivity index (χ0) is 14.4. The van der Waals surface area contributed by atoms with Gasteiger partial charge in [0.15, 0.2) is 0 Å². The molecular formula is C16H18N2O2. The summed E-state index contributed by atoms with van der Waals surface area (Å²) in [5.74, 6) is -0.203. The van der Waals surface area contributed by atoms with E-state index in [9.17, 15) is 4.79 Å². The third kappa shape index (κ3) is 3.59. The minimum absolute atomic E-state index is 0.0833. The standard InChI is InChI=1S/C16H18N2O2/c1-12(11-19)17-16(20)14-9-5-6-10-15(14)18-13-7-3-2-4-8-13/h2-10,12,18-19H,11H2,1H3,(H,17,20). The van der Waals surface area contributed by atoms with Gasteiger partial charge < -0.3 is 15.7 Å². The predicted molar refractivity (Wildman–Crippen MR) is 80.2 cm³/mol. The molecule has 2 aromatic carbocycles. The Morgan fingerprint density at radius 3 is 2.45 bits per heavy atom. The van der Waals surface area contributed by atoms with E-state index in [2.05, 4.69) is 10.6 Å². The molecule has 2 aromatic rings. The second kappa shape index (κ2) is 6.73. The Labute approximate surface area is 118 Å². The van der Waals surface area contributed by atoms with Crippen molar-refractivity contribution in [1.29, 1.82) is 0 Å². The quantitative estimate of drug-likeness (QED) is 0.782. The van der Waals surface area contributed by atoms with Crippen molar-refractivity contribution >= 4 is 17.3 Å². The summed E-state index contributed by atoms with van der Waals surface area (Å²) < 4.78 is 0. The molecule has 0 fully saturated rings. The van der Waals surface area contributed by atoms with Gasteiger partial charge in [-0.25, -0.2) is 0 Å². The maximum absolute atomic E-state index is 12.2. The van der Waals surface area contributed by atoms with Crippen molar-refractivity contribution in [1.82, 2.24) is 5.32 Å². The van der Waals surface area contributed by atoms with Crippen LogP contribution in [0.2, 0.25) is 0 Å². The highest BCUT2D eigenvalue weighted by atomic mass is 16.3. The van der Waals surface area contributed by atoms with Crippen molar-refractivity contribution in [3.05, 3.63) is 60.2 Å². The topological polar surface area (TPSA) is 61.4 Å². The Hall–Kier alpha value is -2.33. The number of aliphatic hydroxyl groups excluding tert-OH is 1. The number of rotatable bonds is 5. The molecule has 0 spiro atoms. The van der Waals surface area contributed by atoms with E-state index in [1.165, 1.54) is 0 Å². The smallest absolute Gasteiger partial charge is 0.253 e. The van der Waals surface area contributed by atoms with Crippen molar-refractivity contribution in [2.75, 3.05) is 11.9 Å². The molecular weight excluding hydrogens is 252 g/mol. The zero-order valence-corrected chi connectivity index (χ0v) is 11.3. The highest BCUT2D eigenvalue weighted by molar-refractivity contribution is 6.00. The number of hydrogen-bond acceptors (Lipinski definition) is 3. The van der Waals surface area contributed by atoms with Gasteiger partial charge in [-0.1, -0.05) is 30.3 Å². The van der Waals surface area contributed by atoms with Crippen LogP contribution in [0.25, 0.3) is 0 Å². The Morgan fingerprint density at radius 1 is 1.10 bits per heavy atom. The molecule has 4 nitrogen and oxygen atoms in total. The van der Waals surface area contributed by atoms with Gasteiger partial charge in [0.2, 0.25) is 0 Å². The van der Waals surface area contributed by atoms with Crippen molar-refractivity contribution < 1.29 is 9.90 Å². The number of amides is 1. The van der Waals surface area contributed by atoms with E-state index >= 15 is 0 Å². The van der Waals surface area contributed by atoms with Crippen LogP contribution in [0.5, 0.6) is 0 Å². The van der Waals surface area contributed by atoms with Crippen LogP contribution in [-0.2, 0) is 0 Å². The first-order valence-electron chi connectivity index (χ1n) is 6.53. The molecule has 0 heterocycles. The van der Waals surface area contributed by atoms with Gasteiger partial charge in [0.05, 0.1) is 17.9 Å². The third-order valence-electron chi connectivity index (χ3n) is 2.88. The molecule has 1 amide bonds. The number of benzene rings is 2. The van der Waals surface area contributed by atoms with Crippen LogP contribution in [0.1, 0.15) is 17.3 Å². The summed E-state index contributed by atoms with van der Waals surface area (Å²) in [4.78, 5) is 12.2. The van der Waals surface area contributed by atoms with Crippen LogP contribution >= 0.6 is 0 Å². The van der Waals surface area contributed by atoms with E-state index in [-0.39, 0.29) is 18.6 Å². The lowest BCUT2D eigenvalue weighted by Gasteiger charge is -2.14. The molecule has 0 aliphatic rings. The van der Waals surface area contributed by atoms with E-state index in [1.807, 2.05) is 48.5 Å². The monoisotopic (exact) mass is 270 g/mol. The number of para-hydroxylation sites is 2. The molecule has 20 heavy (non-hydrogen) atoms. The molecule has 1 atom stereocenters. The van der Waals surface area contributed by atoms with Gasteiger partial charge in [0.25, 0.3) is 5.91 Å². The van der Waals surface area contributed by atoms with Gasteiger partial charge in [-0.15, -0.1) is 0 Å². The average Bonchev–Trinajstić information content (AvgIpc) is 2.48. The largest absolute Gasteiger partial charge is 0.394 e. The third-order valence-corrected chi connectivity index (χ3v) is 2.88. The number of carbonyl (C=O) groups excluding carboxylic acids is 1. The van der Waals surface area contributed by atoms with E-state index in [4.69, 9.17) is 5.11 Å². The number of nitrogens with one attached hydrogen (secondary N) is 2. The van der Waals surface area contributed by atoms with Crippen LogP contribution in [0, 0.1) is 0 Å².